The van der Waals surface area contributed by atoms with E-state index in [-0.39, 0.29) is 16.7 Å². The monoisotopic (exact) mass is 372 g/mol. The normalized spacial score (nSPS) is 23.0. The van der Waals surface area contributed by atoms with Gasteiger partial charge < -0.3 is 9.80 Å². The highest BCUT2D eigenvalue weighted by Crippen LogP contribution is 2.45. The number of carbonyl (C=O) groups is 2. The maximum Gasteiger partial charge on any atom is 0.254 e. The molecule has 0 aromatic heterocycles. The van der Waals surface area contributed by atoms with Crippen molar-refractivity contribution in [2.75, 3.05) is 25.4 Å². The van der Waals surface area contributed by atoms with E-state index in [9.17, 15) is 9.59 Å². The minimum atomic E-state index is -0.117. The van der Waals surface area contributed by atoms with Gasteiger partial charge in [0.1, 0.15) is 0 Å². The Hall–Kier alpha value is -1.49. The quantitative estimate of drug-likeness (QED) is 0.795. The molecule has 2 aliphatic heterocycles. The van der Waals surface area contributed by atoms with Crippen LogP contribution in [0.3, 0.4) is 0 Å². The van der Waals surface area contributed by atoms with Crippen molar-refractivity contribution in [2.45, 2.75) is 50.3 Å². The first-order chi connectivity index (χ1) is 12.6. The largest absolute Gasteiger partial charge is 0.342 e. The fourth-order valence-electron chi connectivity index (χ4n) is 4.67. The van der Waals surface area contributed by atoms with Crippen LogP contribution in [0.15, 0.2) is 24.3 Å². The standard InChI is InChI=1S/C21H28N2O2S/c1-16-6-8-18(9-7-16)20(25)23-14-15-26-21(23)10-12-22(13-11-21)19(24)17-4-2-3-5-17/h6-9,17H,2-5,10-15H2,1H3. The van der Waals surface area contributed by atoms with Gasteiger partial charge in [-0.3, -0.25) is 9.59 Å². The Balaban J connectivity index is 1.44. The van der Waals surface area contributed by atoms with E-state index in [0.717, 1.165) is 56.6 Å². The molecule has 140 valence electrons. The molecule has 3 aliphatic rings. The van der Waals surface area contributed by atoms with Gasteiger partial charge in [-0.25, -0.2) is 0 Å². The number of rotatable bonds is 2. The zero-order valence-electron chi connectivity index (χ0n) is 15.6. The smallest absolute Gasteiger partial charge is 0.254 e. The molecule has 1 aromatic rings. The van der Waals surface area contributed by atoms with Crippen LogP contribution >= 0.6 is 11.8 Å². The third kappa shape index (κ3) is 3.26. The summed E-state index contributed by atoms with van der Waals surface area (Å²) < 4.78 is 0. The van der Waals surface area contributed by atoms with Crippen LogP contribution < -0.4 is 0 Å². The van der Waals surface area contributed by atoms with Gasteiger partial charge in [0.2, 0.25) is 5.91 Å². The molecule has 3 fully saturated rings. The molecular formula is C21H28N2O2S. The third-order valence-corrected chi connectivity index (χ3v) is 7.83. The molecule has 1 aliphatic carbocycles. The number of hydrogen-bond donors (Lipinski definition) is 0. The predicted octanol–water partition coefficient (Wildman–Crippen LogP) is 3.69. The van der Waals surface area contributed by atoms with E-state index in [4.69, 9.17) is 0 Å². The number of piperidine rings is 1. The molecule has 4 rings (SSSR count). The van der Waals surface area contributed by atoms with Gasteiger partial charge in [-0.05, 0) is 44.7 Å². The molecule has 0 bridgehead atoms. The lowest BCUT2D eigenvalue weighted by atomic mass is 9.98. The van der Waals surface area contributed by atoms with E-state index in [0.29, 0.717) is 5.91 Å². The van der Waals surface area contributed by atoms with E-state index in [2.05, 4.69) is 9.80 Å². The van der Waals surface area contributed by atoms with Gasteiger partial charge in [0.25, 0.3) is 5.91 Å². The lowest BCUT2D eigenvalue weighted by Crippen LogP contribution is -2.54. The molecule has 2 amide bonds. The van der Waals surface area contributed by atoms with Crippen LogP contribution in [0.1, 0.15) is 54.4 Å². The molecule has 4 nitrogen and oxygen atoms in total. The van der Waals surface area contributed by atoms with Crippen LogP contribution in [0, 0.1) is 12.8 Å². The summed E-state index contributed by atoms with van der Waals surface area (Å²) in [7, 11) is 0. The first kappa shape index (κ1) is 17.9. The van der Waals surface area contributed by atoms with Crippen molar-refractivity contribution in [3.63, 3.8) is 0 Å². The molecule has 0 N–H and O–H groups in total. The molecule has 1 spiro atoms. The summed E-state index contributed by atoms with van der Waals surface area (Å²) in [6.07, 6.45) is 6.31. The molecule has 1 saturated carbocycles. The SMILES string of the molecule is Cc1ccc(C(=O)N2CCSC23CCN(C(=O)C2CCCC2)CC3)cc1. The Morgan fingerprint density at radius 2 is 1.69 bits per heavy atom. The van der Waals surface area contributed by atoms with Crippen LogP contribution in [-0.2, 0) is 4.79 Å². The number of benzene rings is 1. The summed E-state index contributed by atoms with van der Waals surface area (Å²) >= 11 is 1.91. The second-order valence-electron chi connectivity index (χ2n) is 7.92. The first-order valence-corrected chi connectivity index (χ1v) is 10.9. The van der Waals surface area contributed by atoms with Gasteiger partial charge in [-0.1, -0.05) is 30.5 Å². The van der Waals surface area contributed by atoms with Crippen LogP contribution in [-0.4, -0.2) is 51.9 Å². The molecule has 0 radical (unpaired) electrons. The minimum absolute atomic E-state index is 0.117. The summed E-state index contributed by atoms with van der Waals surface area (Å²) in [6, 6.07) is 7.89. The fourth-order valence-corrected chi connectivity index (χ4v) is 6.12. The van der Waals surface area contributed by atoms with Crippen LogP contribution in [0.25, 0.3) is 0 Å². The van der Waals surface area contributed by atoms with E-state index in [1.807, 2.05) is 43.0 Å². The van der Waals surface area contributed by atoms with E-state index in [1.54, 1.807) is 0 Å². The number of nitrogens with zero attached hydrogens (tertiary/aromatic N) is 2. The van der Waals surface area contributed by atoms with Crippen molar-refractivity contribution >= 4 is 23.6 Å². The Morgan fingerprint density at radius 3 is 2.35 bits per heavy atom. The Bertz CT molecular complexity index is 674. The van der Waals surface area contributed by atoms with Crippen molar-refractivity contribution < 1.29 is 9.59 Å². The summed E-state index contributed by atoms with van der Waals surface area (Å²) in [5, 5.41) is 0. The van der Waals surface area contributed by atoms with Gasteiger partial charge in [0, 0.05) is 36.9 Å². The highest BCUT2D eigenvalue weighted by Gasteiger charge is 2.47. The number of aryl methyl sites for hydroxylation is 1. The van der Waals surface area contributed by atoms with Crippen molar-refractivity contribution in [2.24, 2.45) is 5.92 Å². The Kier molecular flexibility index (Phi) is 5.00. The van der Waals surface area contributed by atoms with Crippen LogP contribution in [0.4, 0.5) is 0 Å². The Labute approximate surface area is 160 Å². The number of likely N-dealkylation sites (tertiary alicyclic amines) is 1. The summed E-state index contributed by atoms with van der Waals surface area (Å²) in [4.78, 5) is 29.8. The molecule has 5 heteroatoms. The molecule has 1 aromatic carbocycles. The Morgan fingerprint density at radius 1 is 1.04 bits per heavy atom. The zero-order valence-corrected chi connectivity index (χ0v) is 16.4. The number of amides is 2. The van der Waals surface area contributed by atoms with Gasteiger partial charge in [-0.15, -0.1) is 11.8 Å². The minimum Gasteiger partial charge on any atom is -0.342 e. The van der Waals surface area contributed by atoms with Crippen LogP contribution in [0.2, 0.25) is 0 Å². The first-order valence-electron chi connectivity index (χ1n) is 9.90. The van der Waals surface area contributed by atoms with E-state index in [1.165, 1.54) is 18.4 Å². The number of carbonyl (C=O) groups excluding carboxylic acids is 2. The lowest BCUT2D eigenvalue weighted by Gasteiger charge is -2.44. The van der Waals surface area contributed by atoms with Crippen molar-refractivity contribution in [3.05, 3.63) is 35.4 Å². The average Bonchev–Trinajstić information content (AvgIpc) is 3.32. The molecule has 0 atom stereocenters. The zero-order chi connectivity index (χ0) is 18.1. The predicted molar refractivity (Wildman–Crippen MR) is 105 cm³/mol. The highest BCUT2D eigenvalue weighted by atomic mass is 32.2. The number of thioether (sulfide) groups is 1. The van der Waals surface area contributed by atoms with Crippen molar-refractivity contribution in [1.29, 1.82) is 0 Å². The molecule has 26 heavy (non-hydrogen) atoms. The maximum atomic E-state index is 13.1. The number of hydrogen-bond acceptors (Lipinski definition) is 3. The molecule has 2 saturated heterocycles. The molecule has 2 heterocycles. The van der Waals surface area contributed by atoms with Gasteiger partial charge in [0.15, 0.2) is 0 Å². The fraction of sp³-hybridized carbons (Fsp3) is 0.619. The van der Waals surface area contributed by atoms with Crippen molar-refractivity contribution in [1.82, 2.24) is 9.80 Å². The van der Waals surface area contributed by atoms with Crippen molar-refractivity contribution in [3.8, 4) is 0 Å². The maximum absolute atomic E-state index is 13.1. The summed E-state index contributed by atoms with van der Waals surface area (Å²) in [5.74, 6) is 1.75. The highest BCUT2D eigenvalue weighted by molar-refractivity contribution is 8.00. The van der Waals surface area contributed by atoms with Gasteiger partial charge in [0.05, 0.1) is 4.87 Å². The lowest BCUT2D eigenvalue weighted by molar-refractivity contribution is -0.137. The third-order valence-electron chi connectivity index (χ3n) is 6.28. The molecular weight excluding hydrogens is 344 g/mol. The summed E-state index contributed by atoms with van der Waals surface area (Å²) in [6.45, 7) is 4.44. The van der Waals surface area contributed by atoms with Gasteiger partial charge >= 0.3 is 0 Å². The van der Waals surface area contributed by atoms with E-state index >= 15 is 0 Å². The topological polar surface area (TPSA) is 40.6 Å². The van der Waals surface area contributed by atoms with Crippen LogP contribution in [0.5, 0.6) is 0 Å². The average molecular weight is 373 g/mol. The summed E-state index contributed by atoms with van der Waals surface area (Å²) in [5.41, 5.74) is 1.95. The second kappa shape index (κ2) is 7.26. The second-order valence-corrected chi connectivity index (χ2v) is 9.38. The van der Waals surface area contributed by atoms with E-state index < -0.39 is 0 Å². The van der Waals surface area contributed by atoms with Gasteiger partial charge in [-0.2, -0.15) is 0 Å². The molecule has 0 unspecified atom stereocenters.